The van der Waals surface area contributed by atoms with Gasteiger partial charge < -0.3 is 15.1 Å². The topological polar surface area (TPSA) is 52.7 Å². The van der Waals surface area contributed by atoms with Gasteiger partial charge in [-0.1, -0.05) is 65.0 Å². The standard InChI is InChI=1S/C27H39N3O2/c1-19(2)26(32)28-23-14-15-24(29(7)8)22(16-23)18-30(25(31)17-27(4,5)6)20(3)21-12-10-9-11-13-21/h9-16,19-20H,17-18H2,1-8H3,(H,28,32). The van der Waals surface area contributed by atoms with E-state index >= 15 is 0 Å². The Morgan fingerprint density at radius 1 is 0.969 bits per heavy atom. The van der Waals surface area contributed by atoms with Crippen molar-refractivity contribution in [3.05, 3.63) is 59.7 Å². The molecule has 0 aliphatic carbocycles. The molecule has 0 aliphatic heterocycles. The highest BCUT2D eigenvalue weighted by Crippen LogP contribution is 2.31. The van der Waals surface area contributed by atoms with Crippen LogP contribution in [0.4, 0.5) is 11.4 Å². The van der Waals surface area contributed by atoms with Gasteiger partial charge in [0, 0.05) is 44.4 Å². The number of nitrogens with zero attached hydrogens (tertiary/aromatic N) is 2. The molecule has 0 spiro atoms. The van der Waals surface area contributed by atoms with E-state index < -0.39 is 0 Å². The van der Waals surface area contributed by atoms with Gasteiger partial charge in [-0.05, 0) is 41.7 Å². The molecule has 5 nitrogen and oxygen atoms in total. The molecule has 1 unspecified atom stereocenters. The largest absolute Gasteiger partial charge is 0.377 e. The molecular weight excluding hydrogens is 398 g/mol. The Morgan fingerprint density at radius 3 is 2.12 bits per heavy atom. The first-order valence-electron chi connectivity index (χ1n) is 11.3. The number of hydrogen-bond acceptors (Lipinski definition) is 3. The van der Waals surface area contributed by atoms with Gasteiger partial charge in [-0.15, -0.1) is 0 Å². The van der Waals surface area contributed by atoms with Crippen LogP contribution in [0, 0.1) is 11.3 Å². The summed E-state index contributed by atoms with van der Waals surface area (Å²) < 4.78 is 0. The second-order valence-corrected chi connectivity index (χ2v) is 10.2. The van der Waals surface area contributed by atoms with E-state index in [0.29, 0.717) is 13.0 Å². The summed E-state index contributed by atoms with van der Waals surface area (Å²) in [5.74, 6) is -0.00279. The molecule has 2 amide bonds. The van der Waals surface area contributed by atoms with E-state index in [-0.39, 0.29) is 29.2 Å². The number of carbonyl (C=O) groups excluding carboxylic acids is 2. The maximum Gasteiger partial charge on any atom is 0.226 e. The molecule has 2 rings (SSSR count). The Labute approximate surface area is 193 Å². The Balaban J connectivity index is 2.45. The highest BCUT2D eigenvalue weighted by Gasteiger charge is 2.27. The predicted molar refractivity (Wildman–Crippen MR) is 134 cm³/mol. The molecule has 0 saturated carbocycles. The van der Waals surface area contributed by atoms with Gasteiger partial charge in [0.05, 0.1) is 6.04 Å². The fourth-order valence-electron chi connectivity index (χ4n) is 3.60. The molecule has 5 heteroatoms. The summed E-state index contributed by atoms with van der Waals surface area (Å²) in [4.78, 5) is 29.7. The third-order valence-corrected chi connectivity index (χ3v) is 5.45. The summed E-state index contributed by atoms with van der Waals surface area (Å²) in [6.07, 6.45) is 0.464. The van der Waals surface area contributed by atoms with Crippen LogP contribution in [0.15, 0.2) is 48.5 Å². The summed E-state index contributed by atoms with van der Waals surface area (Å²) >= 11 is 0. The molecule has 0 fully saturated rings. The van der Waals surface area contributed by atoms with E-state index in [1.54, 1.807) is 0 Å². The van der Waals surface area contributed by atoms with Crippen molar-refractivity contribution in [2.75, 3.05) is 24.3 Å². The number of nitrogens with one attached hydrogen (secondary N) is 1. The van der Waals surface area contributed by atoms with Gasteiger partial charge in [0.1, 0.15) is 0 Å². The van der Waals surface area contributed by atoms with Crippen LogP contribution in [-0.2, 0) is 16.1 Å². The van der Waals surface area contributed by atoms with Gasteiger partial charge >= 0.3 is 0 Å². The number of carbonyl (C=O) groups is 2. The summed E-state index contributed by atoms with van der Waals surface area (Å²) in [6.45, 7) is 12.5. The van der Waals surface area contributed by atoms with Crippen molar-refractivity contribution in [1.29, 1.82) is 0 Å². The molecular formula is C27H39N3O2. The highest BCUT2D eigenvalue weighted by molar-refractivity contribution is 5.92. The van der Waals surface area contributed by atoms with Crippen molar-refractivity contribution >= 4 is 23.2 Å². The fourth-order valence-corrected chi connectivity index (χ4v) is 3.60. The lowest BCUT2D eigenvalue weighted by atomic mass is 9.91. The Bertz CT molecular complexity index is 914. The molecule has 0 aromatic heterocycles. The second-order valence-electron chi connectivity index (χ2n) is 10.2. The molecule has 1 N–H and O–H groups in total. The van der Waals surface area contributed by atoms with Crippen molar-refractivity contribution in [1.82, 2.24) is 4.90 Å². The third-order valence-electron chi connectivity index (χ3n) is 5.45. The number of amides is 2. The van der Waals surface area contributed by atoms with Crippen molar-refractivity contribution in [3.63, 3.8) is 0 Å². The smallest absolute Gasteiger partial charge is 0.226 e. The summed E-state index contributed by atoms with van der Waals surface area (Å²) in [7, 11) is 3.99. The molecule has 32 heavy (non-hydrogen) atoms. The molecule has 0 heterocycles. The number of anilines is 2. The second kappa shape index (κ2) is 10.7. The zero-order chi connectivity index (χ0) is 24.1. The lowest BCUT2D eigenvalue weighted by Crippen LogP contribution is -2.35. The Hall–Kier alpha value is -2.82. The highest BCUT2D eigenvalue weighted by atomic mass is 16.2. The van der Waals surface area contributed by atoms with E-state index in [1.807, 2.05) is 74.1 Å². The number of benzene rings is 2. The number of hydrogen-bond donors (Lipinski definition) is 1. The molecule has 174 valence electrons. The zero-order valence-electron chi connectivity index (χ0n) is 20.9. The van der Waals surface area contributed by atoms with E-state index in [1.165, 1.54) is 0 Å². The minimum atomic E-state index is -0.108. The number of rotatable bonds is 8. The summed E-state index contributed by atoms with van der Waals surface area (Å²) in [6, 6.07) is 16.0. The van der Waals surface area contributed by atoms with Gasteiger partial charge in [0.15, 0.2) is 0 Å². The summed E-state index contributed by atoms with van der Waals surface area (Å²) in [5, 5.41) is 2.99. The van der Waals surface area contributed by atoms with Crippen LogP contribution in [-0.4, -0.2) is 30.8 Å². The van der Waals surface area contributed by atoms with Crippen molar-refractivity contribution in [2.24, 2.45) is 11.3 Å². The lowest BCUT2D eigenvalue weighted by molar-refractivity contribution is -0.136. The molecule has 0 saturated heterocycles. The quantitative estimate of drug-likeness (QED) is 0.562. The maximum atomic E-state index is 13.5. The van der Waals surface area contributed by atoms with E-state index in [9.17, 15) is 9.59 Å². The first kappa shape index (κ1) is 25.4. The van der Waals surface area contributed by atoms with Gasteiger partial charge in [-0.2, -0.15) is 0 Å². The van der Waals surface area contributed by atoms with Crippen LogP contribution in [0.3, 0.4) is 0 Å². The van der Waals surface area contributed by atoms with Gasteiger partial charge in [0.25, 0.3) is 0 Å². The van der Waals surface area contributed by atoms with E-state index in [2.05, 4.69) is 45.1 Å². The first-order chi connectivity index (χ1) is 14.9. The van der Waals surface area contributed by atoms with Crippen molar-refractivity contribution < 1.29 is 9.59 Å². The molecule has 0 radical (unpaired) electrons. The molecule has 1 atom stereocenters. The van der Waals surface area contributed by atoms with E-state index in [4.69, 9.17) is 0 Å². The van der Waals surface area contributed by atoms with Crippen LogP contribution in [0.5, 0.6) is 0 Å². The van der Waals surface area contributed by atoms with Crippen LogP contribution in [0.1, 0.15) is 65.1 Å². The fraction of sp³-hybridized carbons (Fsp3) is 0.481. The Morgan fingerprint density at radius 2 is 1.59 bits per heavy atom. The van der Waals surface area contributed by atoms with Crippen LogP contribution >= 0.6 is 0 Å². The molecule has 0 bridgehead atoms. The first-order valence-corrected chi connectivity index (χ1v) is 11.3. The lowest BCUT2D eigenvalue weighted by Gasteiger charge is -2.33. The average molecular weight is 438 g/mol. The average Bonchev–Trinajstić information content (AvgIpc) is 2.70. The monoisotopic (exact) mass is 437 g/mol. The van der Waals surface area contributed by atoms with Crippen molar-refractivity contribution in [3.8, 4) is 0 Å². The van der Waals surface area contributed by atoms with Gasteiger partial charge in [-0.25, -0.2) is 0 Å². The molecule has 0 aliphatic rings. The van der Waals surface area contributed by atoms with Gasteiger partial charge in [0.2, 0.25) is 11.8 Å². The Kier molecular flexibility index (Phi) is 8.48. The minimum Gasteiger partial charge on any atom is -0.377 e. The SMILES string of the molecule is CC(C)C(=O)Nc1ccc(N(C)C)c(CN(C(=O)CC(C)(C)C)C(C)c2ccccc2)c1. The van der Waals surface area contributed by atoms with Crippen LogP contribution in [0.2, 0.25) is 0 Å². The van der Waals surface area contributed by atoms with Gasteiger partial charge in [-0.3, -0.25) is 9.59 Å². The zero-order valence-corrected chi connectivity index (χ0v) is 20.9. The van der Waals surface area contributed by atoms with Crippen molar-refractivity contribution in [2.45, 2.75) is 60.5 Å². The molecule has 2 aromatic carbocycles. The normalized spacial score (nSPS) is 12.4. The van der Waals surface area contributed by atoms with Crippen LogP contribution < -0.4 is 10.2 Å². The third kappa shape index (κ3) is 7.11. The summed E-state index contributed by atoms with van der Waals surface area (Å²) in [5.41, 5.74) is 3.77. The minimum absolute atomic E-state index is 0.0214. The van der Waals surface area contributed by atoms with E-state index in [0.717, 1.165) is 22.5 Å². The predicted octanol–water partition coefficient (Wildman–Crippen LogP) is 5.87. The van der Waals surface area contributed by atoms with Crippen LogP contribution in [0.25, 0.3) is 0 Å². The molecule has 2 aromatic rings. The maximum absolute atomic E-state index is 13.5.